The van der Waals surface area contributed by atoms with E-state index in [1.54, 1.807) is 0 Å². The van der Waals surface area contributed by atoms with E-state index in [1.807, 2.05) is 12.1 Å². The van der Waals surface area contributed by atoms with Crippen molar-refractivity contribution >= 4 is 5.69 Å². The van der Waals surface area contributed by atoms with E-state index >= 15 is 0 Å². The van der Waals surface area contributed by atoms with Gasteiger partial charge in [0.2, 0.25) is 0 Å². The van der Waals surface area contributed by atoms with E-state index in [4.69, 9.17) is 0 Å². The van der Waals surface area contributed by atoms with Gasteiger partial charge in [-0.05, 0) is 50.3 Å². The smallest absolute Gasteiger partial charge is 0.101 e. The highest BCUT2D eigenvalue weighted by atomic mass is 15.3. The van der Waals surface area contributed by atoms with Crippen LogP contribution < -0.4 is 10.2 Å². The molecule has 2 atom stereocenters. The lowest BCUT2D eigenvalue weighted by molar-refractivity contribution is 0.357. The zero-order valence-corrected chi connectivity index (χ0v) is 11.9. The van der Waals surface area contributed by atoms with Crippen molar-refractivity contribution in [2.45, 2.75) is 26.3 Å². The second-order valence-corrected chi connectivity index (χ2v) is 6.42. The molecule has 2 unspecified atom stereocenters. The van der Waals surface area contributed by atoms with E-state index in [2.05, 4.69) is 43.1 Å². The summed E-state index contributed by atoms with van der Waals surface area (Å²) in [7, 11) is 0. The highest BCUT2D eigenvalue weighted by Crippen LogP contribution is 2.44. The van der Waals surface area contributed by atoms with Crippen molar-refractivity contribution in [2.24, 2.45) is 11.8 Å². The van der Waals surface area contributed by atoms with Gasteiger partial charge in [-0.2, -0.15) is 5.26 Å². The van der Waals surface area contributed by atoms with Gasteiger partial charge in [-0.15, -0.1) is 0 Å². The Labute approximate surface area is 115 Å². The number of nitrogens with zero attached hydrogens (tertiary/aromatic N) is 2. The van der Waals surface area contributed by atoms with Crippen LogP contribution in [0.15, 0.2) is 18.2 Å². The summed E-state index contributed by atoms with van der Waals surface area (Å²) in [5.74, 6) is 1.39. The van der Waals surface area contributed by atoms with Crippen LogP contribution in [0.1, 0.15) is 25.0 Å². The van der Waals surface area contributed by atoms with Crippen LogP contribution in [0, 0.1) is 30.1 Å². The number of aryl methyl sites for hydroxylation is 1. The van der Waals surface area contributed by atoms with Crippen molar-refractivity contribution in [1.29, 1.82) is 5.26 Å². The molecule has 100 valence electrons. The molecule has 1 aromatic carbocycles. The van der Waals surface area contributed by atoms with Crippen LogP contribution in [0.4, 0.5) is 5.69 Å². The van der Waals surface area contributed by atoms with Crippen LogP contribution in [0.3, 0.4) is 0 Å². The third-order valence-electron chi connectivity index (χ3n) is 4.92. The molecular formula is C16H21N3. The normalized spacial score (nSPS) is 28.2. The van der Waals surface area contributed by atoms with Gasteiger partial charge in [0, 0.05) is 25.2 Å². The first-order valence-corrected chi connectivity index (χ1v) is 7.03. The number of anilines is 1. The molecule has 0 aliphatic carbocycles. The summed E-state index contributed by atoms with van der Waals surface area (Å²) in [5, 5.41) is 12.9. The number of benzene rings is 1. The topological polar surface area (TPSA) is 39.1 Å². The highest BCUT2D eigenvalue weighted by molar-refractivity contribution is 5.63. The van der Waals surface area contributed by atoms with Gasteiger partial charge in [0.15, 0.2) is 0 Å². The van der Waals surface area contributed by atoms with Crippen LogP contribution in [-0.4, -0.2) is 25.2 Å². The molecule has 1 aromatic rings. The lowest BCUT2D eigenvalue weighted by Crippen LogP contribution is -2.45. The van der Waals surface area contributed by atoms with Crippen molar-refractivity contribution < 1.29 is 0 Å². The molecule has 3 nitrogen and oxygen atoms in total. The molecule has 2 fully saturated rings. The van der Waals surface area contributed by atoms with Crippen molar-refractivity contribution in [3.63, 3.8) is 0 Å². The monoisotopic (exact) mass is 255 g/mol. The van der Waals surface area contributed by atoms with E-state index in [9.17, 15) is 5.26 Å². The molecule has 1 N–H and O–H groups in total. The lowest BCUT2D eigenvalue weighted by Gasteiger charge is -2.38. The first kappa shape index (κ1) is 12.5. The molecule has 2 aliphatic rings. The van der Waals surface area contributed by atoms with Crippen LogP contribution in [0.25, 0.3) is 0 Å². The number of fused-ring (bicyclic) bond motifs is 1. The Balaban J connectivity index is 2.04. The van der Waals surface area contributed by atoms with E-state index in [-0.39, 0.29) is 5.54 Å². The van der Waals surface area contributed by atoms with Crippen molar-refractivity contribution in [3.8, 4) is 6.07 Å². The molecular weight excluding hydrogens is 234 g/mol. The Morgan fingerprint density at radius 2 is 2.16 bits per heavy atom. The predicted molar refractivity (Wildman–Crippen MR) is 77.2 cm³/mol. The number of hydrogen-bond donors (Lipinski definition) is 1. The highest BCUT2D eigenvalue weighted by Gasteiger charge is 2.49. The van der Waals surface area contributed by atoms with Gasteiger partial charge >= 0.3 is 0 Å². The zero-order valence-electron chi connectivity index (χ0n) is 11.9. The van der Waals surface area contributed by atoms with E-state index < -0.39 is 0 Å². The molecule has 0 bridgehead atoms. The van der Waals surface area contributed by atoms with E-state index in [1.165, 1.54) is 5.56 Å². The standard InChI is InChI=1S/C16H21N3/c1-11-4-5-12(7-17)15(6-11)19-10-13-8-18-9-14(13)16(19,2)3/h4-6,13-14,18H,8-10H2,1-3H3. The molecule has 0 saturated carbocycles. The first-order valence-electron chi connectivity index (χ1n) is 7.03. The second-order valence-electron chi connectivity index (χ2n) is 6.42. The lowest BCUT2D eigenvalue weighted by atomic mass is 9.84. The maximum atomic E-state index is 9.35. The van der Waals surface area contributed by atoms with E-state index in [0.717, 1.165) is 30.9 Å². The number of hydrogen-bond acceptors (Lipinski definition) is 3. The maximum absolute atomic E-state index is 9.35. The van der Waals surface area contributed by atoms with E-state index in [0.29, 0.717) is 11.8 Å². The van der Waals surface area contributed by atoms with Gasteiger partial charge in [-0.25, -0.2) is 0 Å². The minimum absolute atomic E-state index is 0.119. The van der Waals surface area contributed by atoms with Gasteiger partial charge in [-0.3, -0.25) is 0 Å². The minimum atomic E-state index is 0.119. The summed E-state index contributed by atoms with van der Waals surface area (Å²) in [4.78, 5) is 2.45. The molecule has 3 heteroatoms. The number of nitrogens with one attached hydrogen (secondary N) is 1. The predicted octanol–water partition coefficient (Wildman–Crippen LogP) is 2.30. The van der Waals surface area contributed by atoms with Crippen molar-refractivity contribution in [2.75, 3.05) is 24.5 Å². The van der Waals surface area contributed by atoms with Gasteiger partial charge in [0.05, 0.1) is 11.3 Å². The SMILES string of the molecule is Cc1ccc(C#N)c(N2CC3CNCC3C2(C)C)c1. The van der Waals surface area contributed by atoms with Crippen LogP contribution in [0.5, 0.6) is 0 Å². The van der Waals surface area contributed by atoms with Crippen LogP contribution in [0.2, 0.25) is 0 Å². The fourth-order valence-electron chi connectivity index (χ4n) is 3.79. The number of rotatable bonds is 1. The molecule has 3 rings (SSSR count). The van der Waals surface area contributed by atoms with Crippen LogP contribution >= 0.6 is 0 Å². The molecule has 0 spiro atoms. The molecule has 0 amide bonds. The third kappa shape index (κ3) is 1.82. The van der Waals surface area contributed by atoms with Crippen LogP contribution in [-0.2, 0) is 0 Å². The zero-order chi connectivity index (χ0) is 13.6. The Hall–Kier alpha value is -1.53. The Kier molecular flexibility index (Phi) is 2.79. The Morgan fingerprint density at radius 3 is 2.84 bits per heavy atom. The Morgan fingerprint density at radius 1 is 1.37 bits per heavy atom. The minimum Gasteiger partial charge on any atom is -0.365 e. The van der Waals surface area contributed by atoms with Crippen molar-refractivity contribution in [3.05, 3.63) is 29.3 Å². The summed E-state index contributed by atoms with van der Waals surface area (Å²) in [6.45, 7) is 9.99. The Bertz CT molecular complexity index is 541. The average Bonchev–Trinajstić information content (AvgIpc) is 2.92. The fraction of sp³-hybridized carbons (Fsp3) is 0.562. The summed E-state index contributed by atoms with van der Waals surface area (Å²) in [6.07, 6.45) is 0. The summed E-state index contributed by atoms with van der Waals surface area (Å²) in [6, 6.07) is 8.48. The third-order valence-corrected chi connectivity index (χ3v) is 4.92. The first-order chi connectivity index (χ1) is 9.04. The average molecular weight is 255 g/mol. The van der Waals surface area contributed by atoms with Gasteiger partial charge < -0.3 is 10.2 Å². The fourth-order valence-corrected chi connectivity index (χ4v) is 3.79. The summed E-state index contributed by atoms with van der Waals surface area (Å²) < 4.78 is 0. The largest absolute Gasteiger partial charge is 0.365 e. The quantitative estimate of drug-likeness (QED) is 0.837. The van der Waals surface area contributed by atoms with Gasteiger partial charge in [0.25, 0.3) is 0 Å². The molecule has 2 heterocycles. The summed E-state index contributed by atoms with van der Waals surface area (Å²) in [5.41, 5.74) is 3.25. The van der Waals surface area contributed by atoms with Crippen molar-refractivity contribution in [1.82, 2.24) is 5.32 Å². The molecule has 19 heavy (non-hydrogen) atoms. The second kappa shape index (κ2) is 4.25. The molecule has 0 aromatic heterocycles. The molecule has 2 aliphatic heterocycles. The summed E-state index contributed by atoms with van der Waals surface area (Å²) >= 11 is 0. The molecule has 2 saturated heterocycles. The van der Waals surface area contributed by atoms with Gasteiger partial charge in [-0.1, -0.05) is 6.07 Å². The number of nitriles is 1. The van der Waals surface area contributed by atoms with Gasteiger partial charge in [0.1, 0.15) is 6.07 Å². The maximum Gasteiger partial charge on any atom is 0.101 e. The molecule has 0 radical (unpaired) electrons.